The first-order valence-electron chi connectivity index (χ1n) is 4.48. The number of sulfonamides is 1. The Kier molecular flexibility index (Phi) is 3.66. The van der Waals surface area contributed by atoms with E-state index in [9.17, 15) is 18.5 Å². The van der Waals surface area contributed by atoms with Crippen LogP contribution >= 0.6 is 0 Å². The second-order valence-corrected chi connectivity index (χ2v) is 5.07. The first-order chi connectivity index (χ1) is 7.75. The molecular formula is C8H12N4O4S. The molecule has 17 heavy (non-hydrogen) atoms. The molecule has 0 saturated carbocycles. The third-order valence-electron chi connectivity index (χ3n) is 1.81. The molecule has 3 N–H and O–H groups in total. The van der Waals surface area contributed by atoms with Crippen LogP contribution < -0.4 is 10.6 Å². The molecule has 0 aliphatic heterocycles. The van der Waals surface area contributed by atoms with E-state index in [1.54, 1.807) is 0 Å². The van der Waals surface area contributed by atoms with Gasteiger partial charge in [-0.15, -0.1) is 4.83 Å². The molecule has 1 aromatic carbocycles. The minimum Gasteiger partial charge on any atom is -0.393 e. The fourth-order valence-corrected chi connectivity index (χ4v) is 2.52. The summed E-state index contributed by atoms with van der Waals surface area (Å²) in [5, 5.41) is 12.0. The first-order valence-corrected chi connectivity index (χ1v) is 5.96. The molecule has 0 radical (unpaired) electrons. The van der Waals surface area contributed by atoms with Gasteiger partial charge in [-0.3, -0.25) is 10.1 Å². The van der Waals surface area contributed by atoms with Crippen LogP contribution in [0.25, 0.3) is 0 Å². The fourth-order valence-electron chi connectivity index (χ4n) is 1.24. The third kappa shape index (κ3) is 2.90. The lowest BCUT2D eigenvalue weighted by Crippen LogP contribution is -2.36. The molecule has 0 aliphatic carbocycles. The second-order valence-electron chi connectivity index (χ2n) is 3.44. The van der Waals surface area contributed by atoms with Crippen molar-refractivity contribution >= 4 is 21.4 Å². The summed E-state index contributed by atoms with van der Waals surface area (Å²) in [6.07, 6.45) is 0. The molecule has 0 amide bonds. The maximum atomic E-state index is 11.8. The van der Waals surface area contributed by atoms with E-state index in [2.05, 4.69) is 4.83 Å². The number of benzene rings is 1. The van der Waals surface area contributed by atoms with Crippen LogP contribution in [-0.2, 0) is 10.0 Å². The van der Waals surface area contributed by atoms with Crippen LogP contribution in [0.5, 0.6) is 0 Å². The zero-order valence-corrected chi connectivity index (χ0v) is 10.1. The molecule has 0 saturated heterocycles. The smallest absolute Gasteiger partial charge is 0.312 e. The number of nitro benzene ring substituents is 1. The minimum absolute atomic E-state index is 0.198. The van der Waals surface area contributed by atoms with Gasteiger partial charge in [0.15, 0.2) is 4.90 Å². The highest BCUT2D eigenvalue weighted by Gasteiger charge is 2.28. The van der Waals surface area contributed by atoms with Crippen molar-refractivity contribution in [2.75, 3.05) is 19.8 Å². The van der Waals surface area contributed by atoms with E-state index in [1.807, 2.05) is 0 Å². The van der Waals surface area contributed by atoms with Gasteiger partial charge in [0, 0.05) is 14.1 Å². The lowest BCUT2D eigenvalue weighted by atomic mass is 10.3. The van der Waals surface area contributed by atoms with E-state index in [0.717, 1.165) is 6.07 Å². The molecule has 0 fully saturated rings. The van der Waals surface area contributed by atoms with Gasteiger partial charge in [0.2, 0.25) is 0 Å². The molecule has 9 heteroatoms. The number of nitrogens with zero attached hydrogens (tertiary/aromatic N) is 2. The monoisotopic (exact) mass is 260 g/mol. The van der Waals surface area contributed by atoms with Gasteiger partial charge in [-0.05, 0) is 12.1 Å². The largest absolute Gasteiger partial charge is 0.393 e. The third-order valence-corrected chi connectivity index (χ3v) is 3.32. The molecular weight excluding hydrogens is 248 g/mol. The SMILES string of the molecule is CN(C)NS(=O)(=O)c1cccc(N)c1[N+](=O)[O-]. The van der Waals surface area contributed by atoms with Gasteiger partial charge in [0.05, 0.1) is 4.92 Å². The zero-order chi connectivity index (χ0) is 13.2. The van der Waals surface area contributed by atoms with Crippen molar-refractivity contribution in [3.05, 3.63) is 28.3 Å². The van der Waals surface area contributed by atoms with Gasteiger partial charge < -0.3 is 5.73 Å². The molecule has 0 aliphatic rings. The van der Waals surface area contributed by atoms with Crippen LogP contribution in [0.2, 0.25) is 0 Å². The van der Waals surface area contributed by atoms with E-state index < -0.39 is 25.5 Å². The summed E-state index contributed by atoms with van der Waals surface area (Å²) in [7, 11) is -1.10. The summed E-state index contributed by atoms with van der Waals surface area (Å²) in [5.41, 5.74) is 4.58. The predicted octanol–water partition coefficient (Wildman–Crippen LogP) is -0.0681. The van der Waals surface area contributed by atoms with E-state index in [-0.39, 0.29) is 5.69 Å². The summed E-state index contributed by atoms with van der Waals surface area (Å²) >= 11 is 0. The lowest BCUT2D eigenvalue weighted by Gasteiger charge is -2.12. The second kappa shape index (κ2) is 4.65. The molecule has 1 rings (SSSR count). The average molecular weight is 260 g/mol. The van der Waals surface area contributed by atoms with Gasteiger partial charge in [-0.1, -0.05) is 6.07 Å². The van der Waals surface area contributed by atoms with Crippen molar-refractivity contribution in [1.82, 2.24) is 9.84 Å². The molecule has 0 unspecified atom stereocenters. The van der Waals surface area contributed by atoms with Gasteiger partial charge >= 0.3 is 5.69 Å². The zero-order valence-electron chi connectivity index (χ0n) is 9.25. The number of rotatable bonds is 4. The highest BCUT2D eigenvalue weighted by molar-refractivity contribution is 7.89. The van der Waals surface area contributed by atoms with E-state index in [0.29, 0.717) is 0 Å². The lowest BCUT2D eigenvalue weighted by molar-refractivity contribution is -0.386. The fraction of sp³-hybridized carbons (Fsp3) is 0.250. The molecule has 94 valence electrons. The van der Waals surface area contributed by atoms with E-state index in [1.165, 1.54) is 31.2 Å². The number of para-hydroxylation sites is 1. The highest BCUT2D eigenvalue weighted by atomic mass is 32.2. The van der Waals surface area contributed by atoms with Gasteiger partial charge in [-0.2, -0.15) is 0 Å². The Morgan fingerprint density at radius 1 is 1.41 bits per heavy atom. The molecule has 8 nitrogen and oxygen atoms in total. The number of nitrogens with two attached hydrogens (primary N) is 1. The number of nitrogens with one attached hydrogen (secondary N) is 1. The summed E-state index contributed by atoms with van der Waals surface area (Å²) in [4.78, 5) is 11.6. The first kappa shape index (κ1) is 13.4. The molecule has 0 spiro atoms. The number of hydrazine groups is 1. The molecule has 0 bridgehead atoms. The van der Waals surface area contributed by atoms with Crippen molar-refractivity contribution in [1.29, 1.82) is 0 Å². The van der Waals surface area contributed by atoms with Gasteiger partial charge in [0.25, 0.3) is 10.0 Å². The summed E-state index contributed by atoms with van der Waals surface area (Å²) < 4.78 is 23.6. The van der Waals surface area contributed by atoms with Crippen molar-refractivity contribution in [3.8, 4) is 0 Å². The molecule has 1 aromatic rings. The summed E-state index contributed by atoms with van der Waals surface area (Å²) in [5.74, 6) is 0. The number of nitro groups is 1. The van der Waals surface area contributed by atoms with Crippen LogP contribution in [0.15, 0.2) is 23.1 Å². The topological polar surface area (TPSA) is 119 Å². The Morgan fingerprint density at radius 2 is 2.00 bits per heavy atom. The van der Waals surface area contributed by atoms with Crippen LogP contribution in [0.1, 0.15) is 0 Å². The quantitative estimate of drug-likeness (QED) is 0.444. The Morgan fingerprint density at radius 3 is 2.47 bits per heavy atom. The Bertz CT molecular complexity index is 540. The highest BCUT2D eigenvalue weighted by Crippen LogP contribution is 2.29. The number of hydrogen-bond donors (Lipinski definition) is 2. The van der Waals surface area contributed by atoms with Crippen molar-refractivity contribution in [2.45, 2.75) is 4.90 Å². The number of nitrogen functional groups attached to an aromatic ring is 1. The number of anilines is 1. The maximum Gasteiger partial charge on any atom is 0.312 e. The van der Waals surface area contributed by atoms with Crippen molar-refractivity contribution in [3.63, 3.8) is 0 Å². The van der Waals surface area contributed by atoms with Crippen LogP contribution in [0.4, 0.5) is 11.4 Å². The summed E-state index contributed by atoms with van der Waals surface area (Å²) in [6.45, 7) is 0. The van der Waals surface area contributed by atoms with Crippen LogP contribution in [-0.4, -0.2) is 32.4 Å². The Balaban J connectivity index is 3.42. The number of hydrogen-bond acceptors (Lipinski definition) is 6. The van der Waals surface area contributed by atoms with E-state index >= 15 is 0 Å². The Labute approximate surface area is 98.2 Å². The summed E-state index contributed by atoms with van der Waals surface area (Å²) in [6, 6.07) is 3.74. The van der Waals surface area contributed by atoms with Gasteiger partial charge in [-0.25, -0.2) is 13.4 Å². The molecule has 0 heterocycles. The predicted molar refractivity (Wildman–Crippen MR) is 61.5 cm³/mol. The van der Waals surface area contributed by atoms with Crippen LogP contribution in [0.3, 0.4) is 0 Å². The standard InChI is InChI=1S/C8H12N4O4S/c1-11(2)10-17(15,16)7-5-3-4-6(9)8(7)12(13)14/h3-5,10H,9H2,1-2H3. The van der Waals surface area contributed by atoms with Crippen LogP contribution in [0, 0.1) is 10.1 Å². The average Bonchev–Trinajstić information content (AvgIpc) is 2.14. The Hall–Kier alpha value is -1.71. The molecule has 0 atom stereocenters. The molecule has 0 aromatic heterocycles. The van der Waals surface area contributed by atoms with E-state index in [4.69, 9.17) is 5.73 Å². The normalized spacial score (nSPS) is 11.7. The van der Waals surface area contributed by atoms with Crippen molar-refractivity contribution < 1.29 is 13.3 Å². The maximum absolute atomic E-state index is 11.8. The van der Waals surface area contributed by atoms with Gasteiger partial charge in [0.1, 0.15) is 5.69 Å². The van der Waals surface area contributed by atoms with Crippen molar-refractivity contribution in [2.24, 2.45) is 0 Å². The minimum atomic E-state index is -4.00.